The molecule has 0 aliphatic rings. The number of hydrogen-bond donors (Lipinski definition) is 1. The number of carbonyl (C=O) groups is 2. The van der Waals surface area contributed by atoms with Crippen molar-refractivity contribution in [2.24, 2.45) is 5.92 Å². The Bertz CT molecular complexity index is 246. The highest BCUT2D eigenvalue weighted by molar-refractivity contribution is 5.72. The van der Waals surface area contributed by atoms with Crippen LogP contribution in [0.4, 0.5) is 0 Å². The maximum Gasteiger partial charge on any atom is 0.145 e. The van der Waals surface area contributed by atoms with Crippen molar-refractivity contribution in [1.82, 2.24) is 0 Å². The van der Waals surface area contributed by atoms with E-state index in [1.165, 1.54) is 0 Å². The van der Waals surface area contributed by atoms with Crippen molar-refractivity contribution in [1.29, 1.82) is 0 Å². The van der Waals surface area contributed by atoms with Crippen molar-refractivity contribution >= 4 is 12.6 Å². The summed E-state index contributed by atoms with van der Waals surface area (Å²) in [6.07, 6.45) is 8.80. The smallest absolute Gasteiger partial charge is 0.145 e. The zero-order chi connectivity index (χ0) is 15.1. The van der Waals surface area contributed by atoms with Gasteiger partial charge in [0.25, 0.3) is 0 Å². The minimum absolute atomic E-state index is 0.153. The van der Waals surface area contributed by atoms with Crippen LogP contribution in [0.25, 0.3) is 0 Å². The molecule has 19 heavy (non-hydrogen) atoms. The first-order chi connectivity index (χ1) is 9.10. The predicted molar refractivity (Wildman–Crippen MR) is 80.1 cm³/mol. The van der Waals surface area contributed by atoms with E-state index < -0.39 is 6.10 Å². The summed E-state index contributed by atoms with van der Waals surface area (Å²) in [5.41, 5.74) is 0.928. The predicted octanol–water partition coefficient (Wildman–Crippen LogP) is 3.69. The van der Waals surface area contributed by atoms with E-state index in [1.54, 1.807) is 0 Å². The van der Waals surface area contributed by atoms with Gasteiger partial charge in [-0.05, 0) is 31.3 Å². The molecule has 112 valence electrons. The van der Waals surface area contributed by atoms with Crippen molar-refractivity contribution in [3.05, 3.63) is 11.6 Å². The van der Waals surface area contributed by atoms with Gasteiger partial charge in [0.2, 0.25) is 0 Å². The van der Waals surface area contributed by atoms with Gasteiger partial charge in [-0.2, -0.15) is 0 Å². The fourth-order valence-corrected chi connectivity index (χ4v) is 1.57. The van der Waals surface area contributed by atoms with Gasteiger partial charge in [0.1, 0.15) is 12.6 Å². The molecular formula is C16H30O3. The number of carbonyl (C=O) groups excluding carboxylic acids is 2. The molecule has 0 saturated heterocycles. The van der Waals surface area contributed by atoms with E-state index in [-0.39, 0.29) is 5.92 Å². The highest BCUT2D eigenvalue weighted by Gasteiger charge is 2.14. The van der Waals surface area contributed by atoms with Crippen LogP contribution in [0, 0.1) is 5.92 Å². The molecule has 0 aromatic heterocycles. The van der Waals surface area contributed by atoms with E-state index in [1.807, 2.05) is 26.8 Å². The van der Waals surface area contributed by atoms with Crippen molar-refractivity contribution in [3.8, 4) is 0 Å². The number of unbranched alkanes of at least 4 members (excludes halogenated alkanes) is 1. The van der Waals surface area contributed by atoms with Crippen LogP contribution in [0.3, 0.4) is 0 Å². The van der Waals surface area contributed by atoms with Crippen molar-refractivity contribution in [3.63, 3.8) is 0 Å². The molecule has 3 nitrogen and oxygen atoms in total. The molecule has 3 heteroatoms. The maximum absolute atomic E-state index is 10.3. The van der Waals surface area contributed by atoms with Crippen LogP contribution in [-0.2, 0) is 9.59 Å². The quantitative estimate of drug-likeness (QED) is 0.513. The third-order valence-electron chi connectivity index (χ3n) is 2.98. The van der Waals surface area contributed by atoms with E-state index in [0.29, 0.717) is 0 Å². The fourth-order valence-electron chi connectivity index (χ4n) is 1.57. The summed E-state index contributed by atoms with van der Waals surface area (Å²) in [5, 5.41) is 9.28. The van der Waals surface area contributed by atoms with Gasteiger partial charge in [-0.15, -0.1) is 0 Å². The van der Waals surface area contributed by atoms with Crippen LogP contribution in [0.1, 0.15) is 66.2 Å². The van der Waals surface area contributed by atoms with Gasteiger partial charge in [-0.25, -0.2) is 0 Å². The Morgan fingerprint density at radius 1 is 1.11 bits per heavy atom. The second-order valence-electron chi connectivity index (χ2n) is 4.60. The molecule has 0 rings (SSSR count). The molecule has 2 atom stereocenters. The molecule has 0 spiro atoms. The van der Waals surface area contributed by atoms with Crippen LogP contribution < -0.4 is 0 Å². The molecule has 0 aliphatic carbocycles. The lowest BCUT2D eigenvalue weighted by Gasteiger charge is -2.13. The SMILES string of the molecule is CCC/C=C(/C=O)CC.CCCC(O)C(C=O)CC. The molecule has 0 aromatic carbocycles. The van der Waals surface area contributed by atoms with Gasteiger partial charge < -0.3 is 9.90 Å². The average molecular weight is 270 g/mol. The number of aldehydes is 2. The molecule has 1 N–H and O–H groups in total. The van der Waals surface area contributed by atoms with Gasteiger partial charge in [-0.1, -0.05) is 46.6 Å². The van der Waals surface area contributed by atoms with E-state index in [2.05, 4.69) is 6.92 Å². The summed E-state index contributed by atoms with van der Waals surface area (Å²) in [6, 6.07) is 0. The Morgan fingerprint density at radius 2 is 1.74 bits per heavy atom. The highest BCUT2D eigenvalue weighted by atomic mass is 16.3. The molecule has 0 radical (unpaired) electrons. The minimum atomic E-state index is -0.424. The second-order valence-corrected chi connectivity index (χ2v) is 4.60. The number of hydrogen-bond acceptors (Lipinski definition) is 3. The van der Waals surface area contributed by atoms with E-state index >= 15 is 0 Å². The first kappa shape index (κ1) is 20.4. The third kappa shape index (κ3) is 11.8. The Labute approximate surface area is 118 Å². The van der Waals surface area contributed by atoms with Crippen LogP contribution in [-0.4, -0.2) is 23.8 Å². The lowest BCUT2D eigenvalue weighted by atomic mass is 9.98. The number of allylic oxidation sites excluding steroid dienone is 2. The van der Waals surface area contributed by atoms with Gasteiger partial charge >= 0.3 is 0 Å². The van der Waals surface area contributed by atoms with Gasteiger partial charge in [-0.3, -0.25) is 4.79 Å². The van der Waals surface area contributed by atoms with Crippen molar-refractivity contribution in [2.75, 3.05) is 0 Å². The monoisotopic (exact) mass is 270 g/mol. The summed E-state index contributed by atoms with van der Waals surface area (Å²) in [5.74, 6) is -0.153. The Kier molecular flexibility index (Phi) is 16.2. The van der Waals surface area contributed by atoms with E-state index in [0.717, 1.165) is 56.7 Å². The molecule has 0 bridgehead atoms. The zero-order valence-corrected chi connectivity index (χ0v) is 12.9. The first-order valence-electron chi connectivity index (χ1n) is 7.38. The molecule has 0 aromatic rings. The minimum Gasteiger partial charge on any atom is -0.392 e. The van der Waals surface area contributed by atoms with Gasteiger partial charge in [0, 0.05) is 5.92 Å². The third-order valence-corrected chi connectivity index (χ3v) is 2.98. The molecule has 0 fully saturated rings. The highest BCUT2D eigenvalue weighted by Crippen LogP contribution is 2.10. The van der Waals surface area contributed by atoms with Crippen molar-refractivity contribution in [2.45, 2.75) is 72.3 Å². The van der Waals surface area contributed by atoms with E-state index in [4.69, 9.17) is 0 Å². The number of aliphatic hydroxyl groups is 1. The summed E-state index contributed by atoms with van der Waals surface area (Å²) in [7, 11) is 0. The molecule has 0 saturated carbocycles. The van der Waals surface area contributed by atoms with Gasteiger partial charge in [0.15, 0.2) is 0 Å². The summed E-state index contributed by atoms with van der Waals surface area (Å²) in [4.78, 5) is 20.5. The summed E-state index contributed by atoms with van der Waals surface area (Å²) < 4.78 is 0. The summed E-state index contributed by atoms with van der Waals surface area (Å²) in [6.45, 7) is 8.02. The lowest BCUT2D eigenvalue weighted by Crippen LogP contribution is -2.20. The molecule has 0 aliphatic heterocycles. The normalized spacial score (nSPS) is 14.1. The number of aliphatic hydroxyl groups excluding tert-OH is 1. The Hall–Kier alpha value is -0.960. The van der Waals surface area contributed by atoms with Crippen LogP contribution in [0.15, 0.2) is 11.6 Å². The fraction of sp³-hybridized carbons (Fsp3) is 0.750. The lowest BCUT2D eigenvalue weighted by molar-refractivity contribution is -0.114. The van der Waals surface area contributed by atoms with Crippen molar-refractivity contribution < 1.29 is 14.7 Å². The van der Waals surface area contributed by atoms with Crippen LogP contribution >= 0.6 is 0 Å². The average Bonchev–Trinajstić information content (AvgIpc) is 2.42. The first-order valence-corrected chi connectivity index (χ1v) is 7.38. The zero-order valence-electron chi connectivity index (χ0n) is 12.9. The van der Waals surface area contributed by atoms with Gasteiger partial charge in [0.05, 0.1) is 6.10 Å². The maximum atomic E-state index is 10.3. The standard InChI is InChI=1S/C8H16O2.C8H14O/c1-3-5-8(10)7(4-2)6-9;1-3-5-6-8(4-2)7-9/h6-8,10H,3-5H2,1-2H3;6-7H,3-5H2,1-2H3/b;8-6+. The molecular weight excluding hydrogens is 240 g/mol. The topological polar surface area (TPSA) is 54.4 Å². The Balaban J connectivity index is 0. The molecule has 0 amide bonds. The summed E-state index contributed by atoms with van der Waals surface area (Å²) >= 11 is 0. The van der Waals surface area contributed by atoms with E-state index in [9.17, 15) is 14.7 Å². The Morgan fingerprint density at radius 3 is 2.05 bits per heavy atom. The largest absolute Gasteiger partial charge is 0.392 e. The molecule has 2 unspecified atom stereocenters. The molecule has 0 heterocycles. The second kappa shape index (κ2) is 15.1. The number of rotatable bonds is 9. The van der Waals surface area contributed by atoms with Crippen LogP contribution in [0.5, 0.6) is 0 Å². The van der Waals surface area contributed by atoms with Crippen LogP contribution in [0.2, 0.25) is 0 Å².